The van der Waals surface area contributed by atoms with Gasteiger partial charge < -0.3 is 0 Å². The molecule has 0 atom stereocenters. The molecule has 0 saturated carbocycles. The average Bonchev–Trinajstić information content (AvgIpc) is 1.86. The van der Waals surface area contributed by atoms with Gasteiger partial charge in [0.15, 0.2) is 0 Å². The molecular weight excluding hydrogens is 222 g/mol. The van der Waals surface area contributed by atoms with Crippen LogP contribution in [0.15, 0.2) is 15.9 Å². The summed E-state index contributed by atoms with van der Waals surface area (Å²) in [6, 6.07) is 0. The summed E-state index contributed by atoms with van der Waals surface area (Å²) in [7, 11) is 0. The summed E-state index contributed by atoms with van der Waals surface area (Å²) in [5, 5.41) is 2.68. The minimum absolute atomic E-state index is 0. The molecule has 0 amide bonds. The summed E-state index contributed by atoms with van der Waals surface area (Å²) in [6.45, 7) is 0. The Labute approximate surface area is 67.1 Å². The second kappa shape index (κ2) is 3.69. The largest absolute Gasteiger partial charge is 0.239 e. The maximum atomic E-state index is 3.93. The normalized spacial score (nSPS) is 7.57. The molecular formula is C3H3AgNS2. The van der Waals surface area contributed by atoms with Crippen molar-refractivity contribution in [1.82, 2.24) is 4.98 Å². The van der Waals surface area contributed by atoms with Gasteiger partial charge in [0.1, 0.15) is 5.03 Å². The number of nitrogens with zero attached hydrogens (tertiary/aromatic N) is 1. The monoisotopic (exact) mass is 224 g/mol. The molecule has 0 aromatic carbocycles. The smallest absolute Gasteiger partial charge is 0.104 e. The van der Waals surface area contributed by atoms with Crippen LogP contribution in [0.3, 0.4) is 0 Å². The molecule has 1 aromatic rings. The van der Waals surface area contributed by atoms with Crippen LogP contribution in [0.25, 0.3) is 0 Å². The molecule has 4 heteroatoms. The van der Waals surface area contributed by atoms with E-state index in [0.29, 0.717) is 0 Å². The van der Waals surface area contributed by atoms with Gasteiger partial charge in [0.2, 0.25) is 0 Å². The van der Waals surface area contributed by atoms with Gasteiger partial charge in [-0.25, -0.2) is 4.98 Å². The van der Waals surface area contributed by atoms with Gasteiger partial charge in [0.25, 0.3) is 0 Å². The second-order valence-electron chi connectivity index (χ2n) is 0.847. The van der Waals surface area contributed by atoms with Crippen molar-refractivity contribution < 1.29 is 22.4 Å². The minimum Gasteiger partial charge on any atom is -0.239 e. The van der Waals surface area contributed by atoms with Crippen LogP contribution in [0, 0.1) is 0 Å². The summed E-state index contributed by atoms with van der Waals surface area (Å²) >= 11 is 5.49. The Hall–Kier alpha value is 0.720. The molecule has 0 aliphatic rings. The van der Waals surface area contributed by atoms with Crippen molar-refractivity contribution in [2.75, 3.05) is 0 Å². The van der Waals surface area contributed by atoms with Crippen LogP contribution in [0.2, 0.25) is 0 Å². The predicted octanol–water partition coefficient (Wildman–Crippen LogP) is 1.43. The van der Waals surface area contributed by atoms with Crippen molar-refractivity contribution in [3.63, 3.8) is 0 Å². The van der Waals surface area contributed by atoms with E-state index in [1.807, 2.05) is 5.38 Å². The molecule has 1 nitrogen and oxygen atoms in total. The van der Waals surface area contributed by atoms with Gasteiger partial charge in [-0.3, -0.25) is 0 Å². The standard InChI is InChI=1S/C3H3NS2.Ag/c5-3-1-6-2-4-3;/h1-2,5H;. The minimum atomic E-state index is 0. The van der Waals surface area contributed by atoms with Gasteiger partial charge in [0, 0.05) is 27.8 Å². The third-order valence-electron chi connectivity index (χ3n) is 0.419. The van der Waals surface area contributed by atoms with Gasteiger partial charge in [-0.1, -0.05) is 0 Å². The summed E-state index contributed by atoms with van der Waals surface area (Å²) in [5.41, 5.74) is 1.75. The Balaban J connectivity index is 0.000000360. The molecule has 1 heterocycles. The number of thiazole rings is 1. The van der Waals surface area contributed by atoms with Crippen molar-refractivity contribution in [1.29, 1.82) is 0 Å². The van der Waals surface area contributed by atoms with Crippen LogP contribution in [0.5, 0.6) is 0 Å². The van der Waals surface area contributed by atoms with Crippen LogP contribution in [-0.2, 0) is 22.4 Å². The molecule has 1 aromatic heterocycles. The van der Waals surface area contributed by atoms with Gasteiger partial charge in [-0.05, 0) is 0 Å². The van der Waals surface area contributed by atoms with Crippen molar-refractivity contribution in [3.05, 3.63) is 10.9 Å². The molecule has 1 rings (SSSR count). The molecule has 0 spiro atoms. The van der Waals surface area contributed by atoms with Crippen LogP contribution in [0.4, 0.5) is 0 Å². The van der Waals surface area contributed by atoms with Crippen LogP contribution >= 0.6 is 24.0 Å². The van der Waals surface area contributed by atoms with Crippen molar-refractivity contribution in [2.24, 2.45) is 0 Å². The Kier molecular flexibility index (Phi) is 4.07. The first-order valence-electron chi connectivity index (χ1n) is 1.47. The Bertz CT molecular complexity index is 116. The summed E-state index contributed by atoms with van der Waals surface area (Å²) in [6.07, 6.45) is 0. The summed E-state index contributed by atoms with van der Waals surface area (Å²) in [4.78, 5) is 3.80. The fourth-order valence-electron chi connectivity index (χ4n) is 0.206. The quantitative estimate of drug-likeness (QED) is 0.520. The van der Waals surface area contributed by atoms with Crippen molar-refractivity contribution in [3.8, 4) is 0 Å². The Morgan fingerprint density at radius 3 is 2.57 bits per heavy atom. The maximum absolute atomic E-state index is 3.93. The molecule has 0 bridgehead atoms. The number of thiol groups is 1. The first-order chi connectivity index (χ1) is 2.89. The fourth-order valence-corrected chi connectivity index (χ4v) is 0.942. The van der Waals surface area contributed by atoms with Crippen molar-refractivity contribution >= 4 is 24.0 Å². The van der Waals surface area contributed by atoms with E-state index >= 15 is 0 Å². The van der Waals surface area contributed by atoms with E-state index in [-0.39, 0.29) is 22.4 Å². The molecule has 1 radical (unpaired) electrons. The van der Waals surface area contributed by atoms with E-state index in [2.05, 4.69) is 17.6 Å². The number of hydrogen-bond acceptors (Lipinski definition) is 3. The maximum Gasteiger partial charge on any atom is 0.104 e. The van der Waals surface area contributed by atoms with E-state index in [9.17, 15) is 0 Å². The molecule has 0 aliphatic carbocycles. The van der Waals surface area contributed by atoms with Gasteiger partial charge in [-0.2, -0.15) is 0 Å². The second-order valence-corrected chi connectivity index (χ2v) is 2.02. The first-order valence-corrected chi connectivity index (χ1v) is 2.86. The molecule has 0 N–H and O–H groups in total. The zero-order chi connectivity index (χ0) is 4.41. The predicted molar refractivity (Wildman–Crippen MR) is 29.4 cm³/mol. The Morgan fingerprint density at radius 2 is 2.43 bits per heavy atom. The van der Waals surface area contributed by atoms with Crippen LogP contribution in [0.1, 0.15) is 0 Å². The van der Waals surface area contributed by atoms with E-state index in [1.54, 1.807) is 16.8 Å². The molecule has 0 aliphatic heterocycles. The fraction of sp³-hybridized carbons (Fsp3) is 0. The van der Waals surface area contributed by atoms with E-state index in [4.69, 9.17) is 0 Å². The molecule has 43 valence electrons. The molecule has 0 saturated heterocycles. The number of hydrogen-bond donors (Lipinski definition) is 1. The van der Waals surface area contributed by atoms with Crippen LogP contribution in [-0.4, -0.2) is 4.98 Å². The van der Waals surface area contributed by atoms with Gasteiger partial charge in [0.05, 0.1) is 5.51 Å². The van der Waals surface area contributed by atoms with E-state index in [1.165, 1.54) is 0 Å². The van der Waals surface area contributed by atoms with Gasteiger partial charge >= 0.3 is 0 Å². The average molecular weight is 225 g/mol. The first kappa shape index (κ1) is 7.72. The van der Waals surface area contributed by atoms with Crippen molar-refractivity contribution in [2.45, 2.75) is 5.03 Å². The zero-order valence-electron chi connectivity index (χ0n) is 3.26. The number of aromatic nitrogens is 1. The molecule has 7 heavy (non-hydrogen) atoms. The SMILES string of the molecule is Sc1cscn1.[Ag]. The van der Waals surface area contributed by atoms with Gasteiger partial charge in [-0.15, -0.1) is 24.0 Å². The van der Waals surface area contributed by atoms with E-state index < -0.39 is 0 Å². The summed E-state index contributed by atoms with van der Waals surface area (Å²) < 4.78 is 0. The molecule has 0 fully saturated rings. The topological polar surface area (TPSA) is 12.9 Å². The zero-order valence-corrected chi connectivity index (χ0v) is 6.45. The third-order valence-corrected chi connectivity index (χ3v) is 1.43. The van der Waals surface area contributed by atoms with E-state index in [0.717, 1.165) is 5.03 Å². The molecule has 0 unspecified atom stereocenters. The Morgan fingerprint density at radius 1 is 1.71 bits per heavy atom. The summed E-state index contributed by atoms with van der Waals surface area (Å²) in [5.74, 6) is 0. The third kappa shape index (κ3) is 2.51. The number of rotatable bonds is 0. The van der Waals surface area contributed by atoms with Crippen LogP contribution < -0.4 is 0 Å².